The molecule has 0 spiro atoms. The van der Waals surface area contributed by atoms with Gasteiger partial charge in [-0.3, -0.25) is 0 Å². The van der Waals surface area contributed by atoms with Crippen molar-refractivity contribution in [1.29, 1.82) is 0 Å². The van der Waals surface area contributed by atoms with Gasteiger partial charge >= 0.3 is 6.09 Å². The van der Waals surface area contributed by atoms with Gasteiger partial charge in [0, 0.05) is 6.54 Å². The lowest BCUT2D eigenvalue weighted by Crippen LogP contribution is -2.53. The zero-order chi connectivity index (χ0) is 21.2. The van der Waals surface area contributed by atoms with Crippen molar-refractivity contribution in [2.24, 2.45) is 5.41 Å². The summed E-state index contributed by atoms with van der Waals surface area (Å²) in [7, 11) is 0. The summed E-state index contributed by atoms with van der Waals surface area (Å²) in [6.07, 6.45) is 0.918. The number of fused-ring (bicyclic) bond motifs is 1. The fraction of sp³-hybridized carbons (Fsp3) is 0.375. The van der Waals surface area contributed by atoms with Crippen molar-refractivity contribution in [2.45, 2.75) is 45.8 Å². The number of benzene rings is 2. The second kappa shape index (κ2) is 7.99. The molecular weight excluding hydrogens is 369 g/mol. The summed E-state index contributed by atoms with van der Waals surface area (Å²) in [5.41, 5.74) is -0.750. The van der Waals surface area contributed by atoms with Crippen LogP contribution < -0.4 is 15.8 Å². The van der Waals surface area contributed by atoms with Gasteiger partial charge in [0.05, 0.1) is 0 Å². The molecule has 0 saturated heterocycles. The van der Waals surface area contributed by atoms with Crippen molar-refractivity contribution < 1.29 is 19.0 Å². The molecule has 29 heavy (non-hydrogen) atoms. The molecule has 2 aromatic rings. The Labute approximate surface area is 170 Å². The monoisotopic (exact) mass is 397 g/mol. The fourth-order valence-electron chi connectivity index (χ4n) is 3.82. The van der Waals surface area contributed by atoms with E-state index in [9.17, 15) is 14.3 Å². The van der Waals surface area contributed by atoms with E-state index < -0.39 is 29.0 Å². The first kappa shape index (κ1) is 21.1. The number of carbonyl (C=O) groups excluding carboxylic acids is 1. The topological polar surface area (TPSA) is 58.6 Å². The molecule has 4 nitrogen and oxygen atoms in total. The summed E-state index contributed by atoms with van der Waals surface area (Å²) in [6.45, 7) is 8.50. The quantitative estimate of drug-likeness (QED) is 0.833. The fourth-order valence-corrected chi connectivity index (χ4v) is 3.82. The van der Waals surface area contributed by atoms with Crippen molar-refractivity contribution in [1.82, 2.24) is 5.32 Å². The molecule has 0 aliphatic heterocycles. The summed E-state index contributed by atoms with van der Waals surface area (Å²) >= 11 is 0. The van der Waals surface area contributed by atoms with Crippen LogP contribution in [0.1, 0.15) is 39.7 Å². The van der Waals surface area contributed by atoms with Gasteiger partial charge in [-0.15, -0.1) is 0 Å². The molecule has 0 heterocycles. The van der Waals surface area contributed by atoms with Crippen LogP contribution in [0.2, 0.25) is 0 Å². The zero-order valence-corrected chi connectivity index (χ0v) is 17.3. The molecule has 2 aromatic carbocycles. The Morgan fingerprint density at radius 1 is 1.17 bits per heavy atom. The largest absolute Gasteiger partial charge is 0.438 e. The van der Waals surface area contributed by atoms with Crippen LogP contribution in [0.25, 0.3) is 11.6 Å². The average Bonchev–Trinajstić information content (AvgIpc) is 2.66. The van der Waals surface area contributed by atoms with Gasteiger partial charge in [-0.25, -0.2) is 9.18 Å². The number of hydrogen-bond acceptors (Lipinski definition) is 3. The summed E-state index contributed by atoms with van der Waals surface area (Å²) < 4.78 is 19.4. The SMILES string of the molecule is CCCNC(=O)OC1C(C(C)(C)C)=c2ccccc2=CC1(O)c1ccc(F)cc1. The van der Waals surface area contributed by atoms with Gasteiger partial charge in [0.2, 0.25) is 0 Å². The Morgan fingerprint density at radius 3 is 2.45 bits per heavy atom. The van der Waals surface area contributed by atoms with Crippen LogP contribution in [0.3, 0.4) is 0 Å². The van der Waals surface area contributed by atoms with Crippen molar-refractivity contribution in [3.8, 4) is 0 Å². The van der Waals surface area contributed by atoms with E-state index in [1.54, 1.807) is 6.08 Å². The van der Waals surface area contributed by atoms with E-state index in [1.807, 2.05) is 52.0 Å². The number of alkyl carbamates (subject to hydrolysis) is 1. The Bertz CT molecular complexity index is 1010. The number of amides is 1. The first-order valence-corrected chi connectivity index (χ1v) is 9.92. The van der Waals surface area contributed by atoms with Crippen LogP contribution in [0.5, 0.6) is 0 Å². The van der Waals surface area contributed by atoms with Gasteiger partial charge in [-0.1, -0.05) is 64.1 Å². The van der Waals surface area contributed by atoms with E-state index in [0.717, 1.165) is 22.4 Å². The van der Waals surface area contributed by atoms with E-state index in [4.69, 9.17) is 4.74 Å². The molecule has 0 saturated carbocycles. The molecule has 1 amide bonds. The predicted molar refractivity (Wildman–Crippen MR) is 112 cm³/mol. The van der Waals surface area contributed by atoms with E-state index in [-0.39, 0.29) is 0 Å². The molecule has 1 aliphatic carbocycles. The maximum Gasteiger partial charge on any atom is 0.407 e. The number of hydrogen-bond donors (Lipinski definition) is 2. The molecule has 3 rings (SSSR count). The number of halogens is 1. The molecule has 5 heteroatoms. The Hall–Kier alpha value is -2.66. The number of rotatable bonds is 4. The Kier molecular flexibility index (Phi) is 5.80. The molecule has 0 aromatic heterocycles. The number of carbonyl (C=O) groups is 1. The lowest BCUT2D eigenvalue weighted by molar-refractivity contribution is -0.0182. The third kappa shape index (κ3) is 4.20. The summed E-state index contributed by atoms with van der Waals surface area (Å²) in [5.74, 6) is -0.397. The van der Waals surface area contributed by atoms with Gasteiger partial charge < -0.3 is 15.2 Å². The van der Waals surface area contributed by atoms with Crippen LogP contribution >= 0.6 is 0 Å². The van der Waals surface area contributed by atoms with Crippen LogP contribution in [0.4, 0.5) is 9.18 Å². The van der Waals surface area contributed by atoms with Crippen molar-refractivity contribution in [3.63, 3.8) is 0 Å². The third-order valence-electron chi connectivity index (χ3n) is 5.15. The molecule has 2 atom stereocenters. The van der Waals surface area contributed by atoms with Gasteiger partial charge in [0.15, 0.2) is 6.10 Å². The zero-order valence-electron chi connectivity index (χ0n) is 17.3. The van der Waals surface area contributed by atoms with Crippen LogP contribution in [-0.2, 0) is 10.3 Å². The summed E-state index contributed by atoms with van der Waals surface area (Å²) in [6, 6.07) is 13.4. The number of ether oxygens (including phenoxy) is 1. The van der Waals surface area contributed by atoms with E-state index in [1.165, 1.54) is 24.3 Å². The summed E-state index contributed by atoms with van der Waals surface area (Å²) in [4.78, 5) is 12.5. The van der Waals surface area contributed by atoms with Crippen molar-refractivity contribution >= 4 is 17.7 Å². The predicted octanol–water partition coefficient (Wildman–Crippen LogP) is 3.21. The molecule has 0 fully saturated rings. The second-order valence-corrected chi connectivity index (χ2v) is 8.44. The van der Waals surface area contributed by atoms with E-state index >= 15 is 0 Å². The molecule has 2 unspecified atom stereocenters. The Morgan fingerprint density at radius 2 is 1.83 bits per heavy atom. The van der Waals surface area contributed by atoms with Gasteiger partial charge in [-0.05, 0) is 51.6 Å². The number of aliphatic hydroxyl groups is 1. The molecule has 154 valence electrons. The van der Waals surface area contributed by atoms with Crippen LogP contribution in [0, 0.1) is 11.2 Å². The number of nitrogens with one attached hydrogen (secondary N) is 1. The molecule has 1 aliphatic rings. The first-order valence-electron chi connectivity index (χ1n) is 9.92. The van der Waals surface area contributed by atoms with Crippen molar-refractivity contribution in [3.05, 3.63) is 70.3 Å². The van der Waals surface area contributed by atoms with Gasteiger partial charge in [0.25, 0.3) is 0 Å². The Balaban J connectivity index is 2.25. The minimum atomic E-state index is -1.63. The molecule has 0 bridgehead atoms. The standard InChI is InChI=1S/C24H28FNO3/c1-5-14-26-22(27)29-21-20(23(2,3)4)19-9-7-6-8-16(19)15-24(21,28)17-10-12-18(25)13-11-17/h6-13,15,21,28H,5,14H2,1-4H3,(H,26,27). The lowest BCUT2D eigenvalue weighted by Gasteiger charge is -2.41. The first-order chi connectivity index (χ1) is 13.7. The second-order valence-electron chi connectivity index (χ2n) is 8.44. The highest BCUT2D eigenvalue weighted by atomic mass is 19.1. The highest BCUT2D eigenvalue weighted by Gasteiger charge is 2.47. The van der Waals surface area contributed by atoms with E-state index in [2.05, 4.69) is 5.32 Å². The minimum absolute atomic E-state index is 0.395. The normalized spacial score (nSPS) is 21.2. The smallest absolute Gasteiger partial charge is 0.407 e. The highest BCUT2D eigenvalue weighted by Crippen LogP contribution is 2.41. The highest BCUT2D eigenvalue weighted by molar-refractivity contribution is 5.73. The maximum absolute atomic E-state index is 13.5. The van der Waals surface area contributed by atoms with E-state index in [0.29, 0.717) is 12.1 Å². The average molecular weight is 397 g/mol. The maximum atomic E-state index is 13.5. The minimum Gasteiger partial charge on any atom is -0.438 e. The molecular formula is C24H28FNO3. The molecule has 2 N–H and O–H groups in total. The van der Waals surface area contributed by atoms with Gasteiger partial charge in [-0.2, -0.15) is 0 Å². The van der Waals surface area contributed by atoms with Crippen LogP contribution in [-0.4, -0.2) is 23.8 Å². The van der Waals surface area contributed by atoms with Crippen molar-refractivity contribution in [2.75, 3.05) is 6.54 Å². The lowest BCUT2D eigenvalue weighted by atomic mass is 9.71. The van der Waals surface area contributed by atoms with Crippen LogP contribution in [0.15, 0.2) is 48.5 Å². The summed E-state index contributed by atoms with van der Waals surface area (Å²) in [5, 5.41) is 16.3. The third-order valence-corrected chi connectivity index (χ3v) is 5.15. The van der Waals surface area contributed by atoms with Gasteiger partial charge in [0.1, 0.15) is 11.4 Å². The molecule has 0 radical (unpaired) electrons.